The van der Waals surface area contributed by atoms with Gasteiger partial charge in [-0.25, -0.2) is 4.99 Å². The standard InChI is InChI=1S/C19H17F3N4O3/c20-19(21,22)14-7-4-8-15(10-14)23-18(28)24-17-11-26(25-29-17)16(12-27)9-13-5-2-1-3-6-13/h1-8,10-11,16,27H,9,12H2,(H-,23,24,25,28). The first-order chi connectivity index (χ1) is 13.8. The third-order valence-electron chi connectivity index (χ3n) is 4.02. The van der Waals surface area contributed by atoms with Crippen molar-refractivity contribution in [3.8, 4) is 0 Å². The molecular formula is C19H17F3N4O3. The molecule has 0 aliphatic carbocycles. The number of rotatable bonds is 6. The third kappa shape index (κ3) is 5.55. The largest absolute Gasteiger partial charge is 0.846 e. The van der Waals surface area contributed by atoms with Crippen LogP contribution in [0.4, 0.5) is 24.7 Å². The first-order valence-electron chi connectivity index (χ1n) is 8.58. The van der Waals surface area contributed by atoms with Crippen LogP contribution in [0.25, 0.3) is 0 Å². The van der Waals surface area contributed by atoms with Crippen LogP contribution in [0.2, 0.25) is 0 Å². The molecule has 0 fully saturated rings. The second-order valence-corrected chi connectivity index (χ2v) is 6.17. The van der Waals surface area contributed by atoms with E-state index >= 15 is 0 Å². The molecule has 3 aromatic rings. The van der Waals surface area contributed by atoms with E-state index in [1.54, 1.807) is 0 Å². The molecule has 0 saturated heterocycles. The van der Waals surface area contributed by atoms with E-state index in [2.05, 4.69) is 15.6 Å². The summed E-state index contributed by atoms with van der Waals surface area (Å²) in [6.45, 7) is -0.220. The van der Waals surface area contributed by atoms with Gasteiger partial charge in [-0.2, -0.15) is 13.2 Å². The Hall–Kier alpha value is -3.40. The second-order valence-electron chi connectivity index (χ2n) is 6.17. The van der Waals surface area contributed by atoms with E-state index in [0.29, 0.717) is 6.42 Å². The van der Waals surface area contributed by atoms with Crippen LogP contribution in [0.5, 0.6) is 0 Å². The van der Waals surface area contributed by atoms with Crippen molar-refractivity contribution in [3.63, 3.8) is 0 Å². The summed E-state index contributed by atoms with van der Waals surface area (Å²) >= 11 is 0. The van der Waals surface area contributed by atoms with Gasteiger partial charge in [0.25, 0.3) is 6.20 Å². The Labute approximate surface area is 163 Å². The number of aliphatic hydroxyl groups excluding tert-OH is 1. The Bertz CT molecular complexity index is 974. The van der Waals surface area contributed by atoms with E-state index in [1.165, 1.54) is 23.0 Å². The molecule has 0 saturated carbocycles. The number of nitrogens with zero attached hydrogens (tertiary/aromatic N) is 3. The minimum absolute atomic E-state index is 0.0571. The Kier molecular flexibility index (Phi) is 6.13. The molecule has 1 unspecified atom stereocenters. The summed E-state index contributed by atoms with van der Waals surface area (Å²) in [5.41, 5.74) is 0.0283. The van der Waals surface area contributed by atoms with E-state index in [4.69, 9.17) is 4.52 Å². The van der Waals surface area contributed by atoms with Gasteiger partial charge in [0, 0.05) is 12.1 Å². The van der Waals surface area contributed by atoms with Crippen molar-refractivity contribution in [2.45, 2.75) is 18.6 Å². The minimum atomic E-state index is -4.52. The average molecular weight is 406 g/mol. The Morgan fingerprint density at radius 1 is 1.21 bits per heavy atom. The predicted molar refractivity (Wildman–Crippen MR) is 95.1 cm³/mol. The van der Waals surface area contributed by atoms with E-state index in [1.807, 2.05) is 30.3 Å². The van der Waals surface area contributed by atoms with Gasteiger partial charge < -0.3 is 15.5 Å². The van der Waals surface area contributed by atoms with Crippen molar-refractivity contribution in [1.82, 2.24) is 5.27 Å². The zero-order valence-corrected chi connectivity index (χ0v) is 15.0. The lowest BCUT2D eigenvalue weighted by Gasteiger charge is -2.14. The molecular weight excluding hydrogens is 389 g/mol. The normalized spacial score (nSPS) is 13.3. The molecule has 0 amide bonds. The van der Waals surface area contributed by atoms with Crippen LogP contribution >= 0.6 is 0 Å². The van der Waals surface area contributed by atoms with Crippen molar-refractivity contribution in [2.75, 3.05) is 11.9 Å². The first-order valence-corrected chi connectivity index (χ1v) is 8.58. The highest BCUT2D eigenvalue weighted by atomic mass is 19.4. The molecule has 29 heavy (non-hydrogen) atoms. The molecule has 152 valence electrons. The van der Waals surface area contributed by atoms with Crippen LogP contribution in [0.3, 0.4) is 0 Å². The minimum Gasteiger partial charge on any atom is -0.846 e. The number of nitrogens with one attached hydrogen (secondary N) is 1. The number of alkyl halides is 3. The number of aliphatic hydroxyl groups is 1. The molecule has 0 aliphatic rings. The van der Waals surface area contributed by atoms with Gasteiger partial charge in [-0.15, -0.1) is 0 Å². The van der Waals surface area contributed by atoms with Gasteiger partial charge in [0.15, 0.2) is 0 Å². The molecule has 0 aliphatic heterocycles. The molecule has 2 N–H and O–H groups in total. The van der Waals surface area contributed by atoms with Crippen LogP contribution in [0.15, 0.2) is 70.3 Å². The number of amidine groups is 1. The molecule has 1 aromatic heterocycles. The zero-order valence-electron chi connectivity index (χ0n) is 15.0. The van der Waals surface area contributed by atoms with Gasteiger partial charge in [0.1, 0.15) is 6.61 Å². The first kappa shape index (κ1) is 20.3. The highest BCUT2D eigenvalue weighted by Gasteiger charge is 2.30. The second kappa shape index (κ2) is 8.74. The number of hydrogen-bond acceptors (Lipinski definition) is 5. The Morgan fingerprint density at radius 3 is 2.66 bits per heavy atom. The lowest BCUT2D eigenvalue weighted by Crippen LogP contribution is -2.43. The van der Waals surface area contributed by atoms with Gasteiger partial charge in [-0.05, 0) is 28.4 Å². The molecule has 10 heteroatoms. The monoisotopic (exact) mass is 406 g/mol. The molecule has 7 nitrogen and oxygen atoms in total. The summed E-state index contributed by atoms with van der Waals surface area (Å²) in [5, 5.41) is 27.6. The summed E-state index contributed by atoms with van der Waals surface area (Å²) in [5.74, 6) is -0.152. The number of hydrogen-bond donors (Lipinski definition) is 2. The number of halogens is 3. The molecule has 0 radical (unpaired) electrons. The summed E-state index contributed by atoms with van der Waals surface area (Å²) in [7, 11) is 0. The summed E-state index contributed by atoms with van der Waals surface area (Å²) in [4.78, 5) is 3.63. The molecule has 0 bridgehead atoms. The molecule has 3 rings (SSSR count). The molecule has 0 spiro atoms. The number of anilines is 1. The van der Waals surface area contributed by atoms with Crippen molar-refractivity contribution in [2.24, 2.45) is 4.99 Å². The zero-order chi connectivity index (χ0) is 20.9. The van der Waals surface area contributed by atoms with Crippen LogP contribution in [0.1, 0.15) is 17.2 Å². The fourth-order valence-electron chi connectivity index (χ4n) is 2.62. The average Bonchev–Trinajstić information content (AvgIpc) is 3.14. The van der Waals surface area contributed by atoms with Crippen molar-refractivity contribution >= 4 is 17.6 Å². The van der Waals surface area contributed by atoms with Gasteiger partial charge in [0.05, 0.1) is 11.6 Å². The van der Waals surface area contributed by atoms with E-state index < -0.39 is 23.8 Å². The quantitative estimate of drug-likeness (QED) is 0.372. The Morgan fingerprint density at radius 2 is 1.97 bits per heavy atom. The highest BCUT2D eigenvalue weighted by molar-refractivity contribution is 5.87. The van der Waals surface area contributed by atoms with Crippen LogP contribution in [-0.2, 0) is 12.6 Å². The Balaban J connectivity index is 1.70. The fourth-order valence-corrected chi connectivity index (χ4v) is 2.62. The highest BCUT2D eigenvalue weighted by Crippen LogP contribution is 2.30. The van der Waals surface area contributed by atoms with Crippen molar-refractivity contribution in [1.29, 1.82) is 0 Å². The number of benzene rings is 2. The third-order valence-corrected chi connectivity index (χ3v) is 4.02. The lowest BCUT2D eigenvalue weighted by molar-refractivity contribution is -0.786. The SMILES string of the molecule is [O-]C(=Nc1c[n+](C(CO)Cc2ccccc2)no1)Nc1cccc(C(F)(F)F)c1. The predicted octanol–water partition coefficient (Wildman–Crippen LogP) is 2.22. The van der Waals surface area contributed by atoms with Gasteiger partial charge in [0.2, 0.25) is 11.3 Å². The maximum absolute atomic E-state index is 12.7. The van der Waals surface area contributed by atoms with Gasteiger partial charge in [-0.1, -0.05) is 36.4 Å². The summed E-state index contributed by atoms with van der Waals surface area (Å²) in [6, 6.07) is 12.2. The molecule has 2 aromatic carbocycles. The van der Waals surface area contributed by atoms with Crippen LogP contribution in [0, 0.1) is 0 Å². The summed E-state index contributed by atoms with van der Waals surface area (Å²) in [6.07, 6.45) is -2.72. The van der Waals surface area contributed by atoms with Crippen molar-refractivity contribution in [3.05, 3.63) is 71.9 Å². The maximum Gasteiger partial charge on any atom is 0.416 e. The summed E-state index contributed by atoms with van der Waals surface area (Å²) < 4.78 is 44.5. The molecule has 1 atom stereocenters. The van der Waals surface area contributed by atoms with Crippen LogP contribution in [-0.4, -0.2) is 23.0 Å². The maximum atomic E-state index is 12.7. The van der Waals surface area contributed by atoms with Gasteiger partial charge >= 0.3 is 12.1 Å². The van der Waals surface area contributed by atoms with Gasteiger partial charge in [-0.3, -0.25) is 4.52 Å². The fraction of sp³-hybridized carbons (Fsp3) is 0.211. The lowest BCUT2D eigenvalue weighted by atomic mass is 10.1. The van der Waals surface area contributed by atoms with E-state index in [-0.39, 0.29) is 18.2 Å². The van der Waals surface area contributed by atoms with Crippen LogP contribution < -0.4 is 15.1 Å². The van der Waals surface area contributed by atoms with Crippen molar-refractivity contribution < 1.29 is 32.6 Å². The molecule has 1 heterocycles. The smallest absolute Gasteiger partial charge is 0.416 e. The number of aliphatic imine (C=N–C) groups is 1. The number of aromatic nitrogens is 2. The topological polar surface area (TPSA) is 97.6 Å². The van der Waals surface area contributed by atoms with E-state index in [0.717, 1.165) is 17.7 Å². The van der Waals surface area contributed by atoms with E-state index in [9.17, 15) is 23.4 Å².